The SMILES string of the molecule is C=c1ccccc1=C.CCc1ccccc1CNS(OCCOCCN(CC)CC)(OCCOCCN(CC)CC)N(N)/N=C/c1ccccc1C=N.CNN.Cc1ccccc1C=N. The topological polar surface area (TPSA) is 183 Å². The van der Waals surface area contributed by atoms with Crippen LogP contribution in [0.2, 0.25) is 0 Å². The first-order valence-corrected chi connectivity index (χ1v) is 23.9. The molecule has 0 fully saturated rings. The van der Waals surface area contributed by atoms with Crippen LogP contribution >= 0.6 is 11.0 Å². The summed E-state index contributed by atoms with van der Waals surface area (Å²) in [4.78, 5) is 4.63. The van der Waals surface area contributed by atoms with Gasteiger partial charge in [-0.2, -0.15) is 4.72 Å². The predicted molar refractivity (Wildman–Crippen MR) is 276 cm³/mol. The molecule has 4 aromatic rings. The van der Waals surface area contributed by atoms with E-state index in [4.69, 9.17) is 34.5 Å². The summed E-state index contributed by atoms with van der Waals surface area (Å²) < 4.78 is 29.5. The Kier molecular flexibility index (Phi) is 32.9. The number of benzene rings is 4. The second-order valence-electron chi connectivity index (χ2n) is 14.2. The van der Waals surface area contributed by atoms with Gasteiger partial charge in [-0.3, -0.25) is 11.3 Å². The lowest BCUT2D eigenvalue weighted by Gasteiger charge is -2.46. The zero-order chi connectivity index (χ0) is 48.1. The Morgan fingerprint density at radius 1 is 0.631 bits per heavy atom. The lowest BCUT2D eigenvalue weighted by molar-refractivity contribution is 0.0634. The van der Waals surface area contributed by atoms with Gasteiger partial charge in [0.15, 0.2) is 0 Å². The van der Waals surface area contributed by atoms with Gasteiger partial charge in [0.2, 0.25) is 0 Å². The lowest BCUT2D eigenvalue weighted by Crippen LogP contribution is -2.42. The van der Waals surface area contributed by atoms with E-state index in [-0.39, 0.29) is 13.2 Å². The zero-order valence-electron chi connectivity index (χ0n) is 40.3. The molecule has 15 heteroatoms. The van der Waals surface area contributed by atoms with E-state index in [9.17, 15) is 0 Å². The number of hydrogen-bond acceptors (Lipinski definition) is 14. The fourth-order valence-electron chi connectivity index (χ4n) is 5.87. The van der Waals surface area contributed by atoms with Crippen molar-refractivity contribution in [3.05, 3.63) is 141 Å². The van der Waals surface area contributed by atoms with Crippen LogP contribution in [0.1, 0.15) is 68.0 Å². The van der Waals surface area contributed by atoms with Crippen LogP contribution in [-0.2, 0) is 30.8 Å². The Labute approximate surface area is 392 Å². The molecule has 0 radical (unpaired) electrons. The van der Waals surface area contributed by atoms with E-state index < -0.39 is 11.0 Å². The van der Waals surface area contributed by atoms with Gasteiger partial charge in [-0.05, 0) is 90.2 Å². The summed E-state index contributed by atoms with van der Waals surface area (Å²) in [6.45, 7) is 28.8. The Bertz CT molecular complexity index is 1930. The number of hydrazine groups is 2. The van der Waals surface area contributed by atoms with Crippen LogP contribution in [0, 0.1) is 17.7 Å². The summed E-state index contributed by atoms with van der Waals surface area (Å²) >= 11 is 0. The van der Waals surface area contributed by atoms with Crippen LogP contribution in [0.15, 0.2) is 102 Å². The summed E-state index contributed by atoms with van der Waals surface area (Å²) in [5.41, 5.74) is 8.24. The van der Waals surface area contributed by atoms with E-state index in [0.717, 1.165) is 83.9 Å². The average molecular weight is 917 g/mol. The highest BCUT2D eigenvalue weighted by molar-refractivity contribution is 8.22. The highest BCUT2D eigenvalue weighted by Crippen LogP contribution is 2.48. The highest BCUT2D eigenvalue weighted by Gasteiger charge is 2.28. The third kappa shape index (κ3) is 23.9. The number of nitrogens with one attached hydrogen (secondary N) is 4. The van der Waals surface area contributed by atoms with Crippen molar-refractivity contribution in [1.29, 1.82) is 10.8 Å². The van der Waals surface area contributed by atoms with Gasteiger partial charge < -0.3 is 30.1 Å². The van der Waals surface area contributed by atoms with Crippen molar-refractivity contribution >= 4 is 42.8 Å². The molecule has 65 heavy (non-hydrogen) atoms. The van der Waals surface area contributed by atoms with Gasteiger partial charge in [0.05, 0.1) is 45.9 Å². The number of aryl methyl sites for hydroxylation is 2. The van der Waals surface area contributed by atoms with Gasteiger partial charge in [-0.25, -0.2) is 14.2 Å². The minimum Gasteiger partial charge on any atom is -0.378 e. The lowest BCUT2D eigenvalue weighted by atomic mass is 10.1. The third-order valence-electron chi connectivity index (χ3n) is 9.95. The molecular formula is C50H80N10O4S. The molecule has 4 rings (SSSR count). The molecule has 0 bridgehead atoms. The van der Waals surface area contributed by atoms with E-state index in [2.05, 4.69) is 90.8 Å². The Morgan fingerprint density at radius 3 is 1.49 bits per heavy atom. The molecule has 0 heterocycles. The van der Waals surface area contributed by atoms with Crippen LogP contribution in [0.5, 0.6) is 0 Å². The fraction of sp³-hybridized carbons (Fsp3) is 0.420. The fourth-order valence-corrected chi connectivity index (χ4v) is 7.55. The predicted octanol–water partition coefficient (Wildman–Crippen LogP) is 6.34. The van der Waals surface area contributed by atoms with Gasteiger partial charge >= 0.3 is 0 Å². The van der Waals surface area contributed by atoms with Gasteiger partial charge in [0.25, 0.3) is 0 Å². The summed E-state index contributed by atoms with van der Waals surface area (Å²) in [5, 5.41) is 21.3. The van der Waals surface area contributed by atoms with Crippen molar-refractivity contribution in [1.82, 2.24) is 24.5 Å². The normalized spacial score (nSPS) is 11.2. The Balaban J connectivity index is 0.000000856. The smallest absolute Gasteiger partial charge is 0.0983 e. The van der Waals surface area contributed by atoms with Crippen molar-refractivity contribution in [3.63, 3.8) is 0 Å². The quantitative estimate of drug-likeness (QED) is 0.0170. The van der Waals surface area contributed by atoms with Gasteiger partial charge in [-0.1, -0.05) is 145 Å². The van der Waals surface area contributed by atoms with E-state index in [0.29, 0.717) is 33.0 Å². The zero-order valence-corrected chi connectivity index (χ0v) is 41.1. The number of hydrazone groups is 1. The first kappa shape index (κ1) is 58.4. The van der Waals surface area contributed by atoms with Crippen molar-refractivity contribution < 1.29 is 17.8 Å². The van der Waals surface area contributed by atoms with E-state index in [1.54, 1.807) is 13.3 Å². The third-order valence-corrected chi connectivity index (χ3v) is 12.0. The molecule has 4 aromatic carbocycles. The van der Waals surface area contributed by atoms with E-state index in [1.807, 2.05) is 91.9 Å². The maximum Gasteiger partial charge on any atom is 0.0983 e. The second kappa shape index (κ2) is 36.6. The summed E-state index contributed by atoms with van der Waals surface area (Å²) in [6, 6.07) is 31.4. The van der Waals surface area contributed by atoms with Crippen LogP contribution in [-0.4, -0.2) is 119 Å². The van der Waals surface area contributed by atoms with Gasteiger partial charge in [0, 0.05) is 43.2 Å². The van der Waals surface area contributed by atoms with E-state index in [1.165, 1.54) is 22.5 Å². The van der Waals surface area contributed by atoms with Crippen molar-refractivity contribution in [2.24, 2.45) is 16.8 Å². The number of hydrogen-bond donors (Lipinski definition) is 6. The minimum atomic E-state index is -2.79. The number of nitrogens with two attached hydrogens (primary N) is 2. The molecule has 0 saturated heterocycles. The molecule has 14 nitrogen and oxygen atoms in total. The molecule has 0 aromatic heterocycles. The molecule has 0 spiro atoms. The maximum absolute atomic E-state index is 7.77. The second-order valence-corrected chi connectivity index (χ2v) is 16.3. The van der Waals surface area contributed by atoms with Crippen molar-refractivity contribution in [2.45, 2.75) is 54.5 Å². The molecule has 8 N–H and O–H groups in total. The minimum absolute atomic E-state index is 0.249. The summed E-state index contributed by atoms with van der Waals surface area (Å²) in [7, 11) is -1.14. The van der Waals surface area contributed by atoms with Crippen molar-refractivity contribution in [2.75, 3.05) is 86.0 Å². The maximum atomic E-state index is 7.77. The molecular weight excluding hydrogens is 837 g/mol. The van der Waals surface area contributed by atoms with Crippen LogP contribution in [0.4, 0.5) is 0 Å². The molecule has 0 amide bonds. The monoisotopic (exact) mass is 917 g/mol. The molecule has 0 aliphatic heterocycles. The number of ether oxygens (including phenoxy) is 2. The number of nitrogens with zero attached hydrogens (tertiary/aromatic N) is 4. The largest absolute Gasteiger partial charge is 0.378 e. The van der Waals surface area contributed by atoms with Crippen LogP contribution in [0.25, 0.3) is 13.2 Å². The molecule has 0 aliphatic carbocycles. The Morgan fingerprint density at radius 2 is 1.06 bits per heavy atom. The molecule has 0 unspecified atom stereocenters. The molecule has 360 valence electrons. The highest BCUT2D eigenvalue weighted by atomic mass is 32.3. The average Bonchev–Trinajstić information content (AvgIpc) is 3.33. The molecule has 0 saturated carbocycles. The summed E-state index contributed by atoms with van der Waals surface area (Å²) in [5.74, 6) is 11.3. The van der Waals surface area contributed by atoms with Crippen LogP contribution in [0.3, 0.4) is 0 Å². The van der Waals surface area contributed by atoms with Gasteiger partial charge in [0.1, 0.15) is 0 Å². The molecule has 0 aliphatic rings. The van der Waals surface area contributed by atoms with Crippen molar-refractivity contribution in [3.8, 4) is 0 Å². The van der Waals surface area contributed by atoms with E-state index >= 15 is 0 Å². The standard InChI is InChI=1S/C33H57N7O4S.C8H9N.C8H8.CH6N2/c1-6-30-15-11-13-18-33(30)29-37-45(43-25-23-41-21-19-38(7-2)8-3,44-26-24-42-22-20-39(9-4)10-5)40(35)36-28-32-17-14-12-16-31(32)27-34;1-7-4-2-3-5-8(7)6-9;1-7-5-3-4-6-8(7)2;1-3-2/h11-18,27-28,34,37H,6-10,19-26,29,35H2,1-5H3;2-6,9H,1H3;3-6H,1-2H2;3H,2H2,1H3/b34-27?,36-28+;;;. The molecule has 0 atom stereocenters. The van der Waals surface area contributed by atoms with Crippen LogP contribution < -0.4 is 32.3 Å². The Hall–Kier alpha value is -4.62. The first-order chi connectivity index (χ1) is 31.5. The number of rotatable bonds is 27. The number of likely N-dealkylation sites (N-methyl/N-ethyl adjacent to an activating group) is 2. The van der Waals surface area contributed by atoms with Gasteiger partial charge in [-0.15, -0.1) is 9.62 Å². The first-order valence-electron chi connectivity index (χ1n) is 22.4. The summed E-state index contributed by atoms with van der Waals surface area (Å²) in [6.07, 6.45) is 5.18.